The third-order valence-electron chi connectivity index (χ3n) is 3.88. The first-order chi connectivity index (χ1) is 10.7. The van der Waals surface area contributed by atoms with Crippen LogP contribution < -0.4 is 0 Å². The Hall–Kier alpha value is -1.56. The van der Waals surface area contributed by atoms with Gasteiger partial charge in [-0.3, -0.25) is 4.79 Å². The molecular weight excluding hydrogens is 307 g/mol. The van der Waals surface area contributed by atoms with Crippen molar-refractivity contribution in [1.29, 1.82) is 0 Å². The van der Waals surface area contributed by atoms with Gasteiger partial charge in [-0.05, 0) is 24.1 Å². The summed E-state index contributed by atoms with van der Waals surface area (Å²) in [4.78, 5) is 13.9. The molecule has 0 fully saturated rings. The summed E-state index contributed by atoms with van der Waals surface area (Å²) in [6.45, 7) is 3.96. The number of likely N-dealkylation sites (N-methyl/N-ethyl adjacent to an activating group) is 1. The van der Waals surface area contributed by atoms with Gasteiger partial charge in [0.25, 0.3) is 0 Å². The molecule has 1 rings (SSSR count). The molecule has 130 valence electrons. The van der Waals surface area contributed by atoms with Crippen molar-refractivity contribution in [3.8, 4) is 0 Å². The second-order valence-corrected chi connectivity index (χ2v) is 5.73. The van der Waals surface area contributed by atoms with Crippen molar-refractivity contribution < 1.29 is 22.7 Å². The second-order valence-electron chi connectivity index (χ2n) is 5.73. The normalized spacial score (nSPS) is 14.4. The van der Waals surface area contributed by atoms with Crippen LogP contribution in [-0.2, 0) is 15.7 Å². The van der Waals surface area contributed by atoms with Crippen molar-refractivity contribution in [2.75, 3.05) is 20.8 Å². The zero-order valence-electron chi connectivity index (χ0n) is 14.0. The smallest absolute Gasteiger partial charge is 0.382 e. The highest BCUT2D eigenvalue weighted by Gasteiger charge is 2.32. The first-order valence-corrected chi connectivity index (χ1v) is 7.65. The van der Waals surface area contributed by atoms with E-state index in [1.54, 1.807) is 13.1 Å². The highest BCUT2D eigenvalue weighted by Crippen LogP contribution is 2.32. The predicted molar refractivity (Wildman–Crippen MR) is 82.9 cm³/mol. The maximum atomic E-state index is 12.9. The minimum absolute atomic E-state index is 0.0914. The van der Waals surface area contributed by atoms with Gasteiger partial charge in [0.05, 0.1) is 18.2 Å². The van der Waals surface area contributed by atoms with E-state index in [2.05, 4.69) is 0 Å². The summed E-state index contributed by atoms with van der Waals surface area (Å²) in [6.07, 6.45) is -2.80. The van der Waals surface area contributed by atoms with Crippen molar-refractivity contribution >= 4 is 5.91 Å². The van der Waals surface area contributed by atoms with Crippen molar-refractivity contribution in [3.63, 3.8) is 0 Å². The molecule has 0 aliphatic rings. The molecule has 0 aliphatic carbocycles. The summed E-state index contributed by atoms with van der Waals surface area (Å²) in [6, 6.07) is 4.50. The van der Waals surface area contributed by atoms with E-state index in [4.69, 9.17) is 4.74 Å². The van der Waals surface area contributed by atoms with Crippen LogP contribution >= 0.6 is 0 Å². The first kappa shape index (κ1) is 19.5. The van der Waals surface area contributed by atoms with Crippen LogP contribution in [0.1, 0.15) is 43.9 Å². The number of alkyl halides is 3. The van der Waals surface area contributed by atoms with E-state index in [9.17, 15) is 18.0 Å². The number of benzene rings is 1. The van der Waals surface area contributed by atoms with Gasteiger partial charge < -0.3 is 9.64 Å². The van der Waals surface area contributed by atoms with Gasteiger partial charge in [0.1, 0.15) is 0 Å². The molecule has 0 heterocycles. The summed E-state index contributed by atoms with van der Waals surface area (Å²) in [7, 11) is 3.08. The van der Waals surface area contributed by atoms with Gasteiger partial charge in [0, 0.05) is 20.1 Å². The average Bonchev–Trinajstić information content (AvgIpc) is 2.50. The molecule has 1 aromatic carbocycles. The number of carbonyl (C=O) groups excluding carboxylic acids is 1. The molecule has 0 bridgehead atoms. The summed E-state index contributed by atoms with van der Waals surface area (Å²) < 4.78 is 43.8. The lowest BCUT2D eigenvalue weighted by Gasteiger charge is -2.30. The number of ether oxygens (including phenoxy) is 1. The molecule has 0 N–H and O–H groups in total. The highest BCUT2D eigenvalue weighted by atomic mass is 19.4. The van der Waals surface area contributed by atoms with Crippen LogP contribution in [-0.4, -0.2) is 31.6 Å². The Morgan fingerprint density at radius 2 is 2.00 bits per heavy atom. The molecule has 1 aromatic rings. The number of rotatable bonds is 7. The molecule has 3 nitrogen and oxygen atoms in total. The molecule has 23 heavy (non-hydrogen) atoms. The molecule has 2 unspecified atom stereocenters. The number of hydrogen-bond donors (Lipinski definition) is 0. The van der Waals surface area contributed by atoms with Gasteiger partial charge in [0.2, 0.25) is 5.91 Å². The SMILES string of the molecule is CCCC(C)C(=O)N(C)C(COC)c1cccc(C(F)(F)F)c1. The first-order valence-electron chi connectivity index (χ1n) is 7.65. The summed E-state index contributed by atoms with van der Waals surface area (Å²) in [5.41, 5.74) is -0.306. The lowest BCUT2D eigenvalue weighted by molar-refractivity contribution is -0.137. The Balaban J connectivity index is 3.09. The molecule has 1 amide bonds. The van der Waals surface area contributed by atoms with Gasteiger partial charge in [-0.15, -0.1) is 0 Å². The second kappa shape index (κ2) is 8.34. The van der Waals surface area contributed by atoms with Crippen molar-refractivity contribution in [1.82, 2.24) is 4.90 Å². The maximum Gasteiger partial charge on any atom is 0.416 e. The summed E-state index contributed by atoms with van der Waals surface area (Å²) >= 11 is 0. The molecule has 0 aromatic heterocycles. The lowest BCUT2D eigenvalue weighted by atomic mass is 10.00. The van der Waals surface area contributed by atoms with Crippen LogP contribution in [0.5, 0.6) is 0 Å². The Bertz CT molecular complexity index is 517. The number of carbonyl (C=O) groups is 1. The largest absolute Gasteiger partial charge is 0.416 e. The van der Waals surface area contributed by atoms with Crippen LogP contribution in [0, 0.1) is 5.92 Å². The van der Waals surface area contributed by atoms with Crippen LogP contribution in [0.3, 0.4) is 0 Å². The number of halogens is 3. The van der Waals surface area contributed by atoms with Crippen LogP contribution in [0.4, 0.5) is 13.2 Å². The Morgan fingerprint density at radius 1 is 1.35 bits per heavy atom. The van der Waals surface area contributed by atoms with E-state index in [1.807, 2.05) is 13.8 Å². The van der Waals surface area contributed by atoms with Crippen molar-refractivity contribution in [2.24, 2.45) is 5.92 Å². The zero-order valence-corrected chi connectivity index (χ0v) is 14.0. The van der Waals surface area contributed by atoms with E-state index in [0.717, 1.165) is 25.0 Å². The number of amides is 1. The zero-order chi connectivity index (χ0) is 17.6. The highest BCUT2D eigenvalue weighted by molar-refractivity contribution is 5.78. The average molecular weight is 331 g/mol. The maximum absolute atomic E-state index is 12.9. The van der Waals surface area contributed by atoms with Crippen LogP contribution in [0.25, 0.3) is 0 Å². The molecule has 0 aliphatic heterocycles. The van der Waals surface area contributed by atoms with Gasteiger partial charge in [-0.1, -0.05) is 32.4 Å². The fourth-order valence-electron chi connectivity index (χ4n) is 2.57. The quantitative estimate of drug-likeness (QED) is 0.746. The molecule has 0 saturated heterocycles. The van der Waals surface area contributed by atoms with Gasteiger partial charge in [-0.25, -0.2) is 0 Å². The van der Waals surface area contributed by atoms with Crippen LogP contribution in [0.2, 0.25) is 0 Å². The predicted octanol–water partition coefficient (Wildman–Crippen LogP) is 4.29. The topological polar surface area (TPSA) is 29.5 Å². The number of methoxy groups -OCH3 is 1. The third-order valence-corrected chi connectivity index (χ3v) is 3.88. The van der Waals surface area contributed by atoms with Gasteiger partial charge in [-0.2, -0.15) is 13.2 Å². The Labute approximate surface area is 135 Å². The minimum atomic E-state index is -4.41. The van der Waals surface area contributed by atoms with Gasteiger partial charge in [0.15, 0.2) is 0 Å². The Morgan fingerprint density at radius 3 is 2.52 bits per heavy atom. The third kappa shape index (κ3) is 5.23. The van der Waals surface area contributed by atoms with Crippen LogP contribution in [0.15, 0.2) is 24.3 Å². The van der Waals surface area contributed by atoms with E-state index < -0.39 is 17.8 Å². The lowest BCUT2D eigenvalue weighted by Crippen LogP contribution is -2.37. The monoisotopic (exact) mass is 331 g/mol. The fourth-order valence-corrected chi connectivity index (χ4v) is 2.57. The molecule has 0 spiro atoms. The van der Waals surface area contributed by atoms with E-state index in [0.29, 0.717) is 5.56 Å². The van der Waals surface area contributed by atoms with E-state index in [1.165, 1.54) is 18.1 Å². The van der Waals surface area contributed by atoms with E-state index >= 15 is 0 Å². The molecular formula is C17H24F3NO2. The summed E-state index contributed by atoms with van der Waals surface area (Å²) in [5.74, 6) is -0.263. The molecule has 2 atom stereocenters. The number of hydrogen-bond acceptors (Lipinski definition) is 2. The standard InChI is InChI=1S/C17H24F3NO2/c1-5-7-12(2)16(22)21(3)15(11-23-4)13-8-6-9-14(10-13)17(18,19)20/h6,8-10,12,15H,5,7,11H2,1-4H3. The Kier molecular flexibility index (Phi) is 7.06. The molecule has 0 radical (unpaired) electrons. The summed E-state index contributed by atoms with van der Waals surface area (Å²) in [5, 5.41) is 0. The van der Waals surface area contributed by atoms with E-state index in [-0.39, 0.29) is 18.4 Å². The van der Waals surface area contributed by atoms with Gasteiger partial charge >= 0.3 is 6.18 Å². The molecule has 0 saturated carbocycles. The molecule has 6 heteroatoms. The van der Waals surface area contributed by atoms with Crippen molar-refractivity contribution in [3.05, 3.63) is 35.4 Å². The van der Waals surface area contributed by atoms with Crippen molar-refractivity contribution in [2.45, 2.75) is 38.9 Å². The minimum Gasteiger partial charge on any atom is -0.382 e. The fraction of sp³-hybridized carbons (Fsp3) is 0.588. The number of nitrogens with zero attached hydrogens (tertiary/aromatic N) is 1.